The van der Waals surface area contributed by atoms with E-state index in [4.69, 9.17) is 30.5 Å². The second-order valence-corrected chi connectivity index (χ2v) is 21.0. The molecule has 1 rings (SSSR count). The summed E-state index contributed by atoms with van der Waals surface area (Å²) in [6, 6.07) is 3.35. The Morgan fingerprint density at radius 1 is 0.324 bits per heavy atom. The highest BCUT2D eigenvalue weighted by Gasteiger charge is 2.20. The van der Waals surface area contributed by atoms with E-state index in [-0.39, 0.29) is 6.07 Å². The first-order valence-electron chi connectivity index (χ1n) is 30.5. The Bertz CT molecular complexity index is 1110. The molecule has 6 heteroatoms. The zero-order valence-corrected chi connectivity index (χ0v) is 46.6. The van der Waals surface area contributed by atoms with E-state index in [0.717, 1.165) is 38.5 Å². The fourth-order valence-electron chi connectivity index (χ4n) is 9.67. The molecular formula is C62H115ClO5. The topological polar surface area (TPSA) is 54.0 Å². The Kier molecular flexibility index (Phi) is 50.4. The van der Waals surface area contributed by atoms with Crippen LogP contribution in [-0.2, 0) is 4.74 Å². The summed E-state index contributed by atoms with van der Waals surface area (Å²) in [7, 11) is 0. The van der Waals surface area contributed by atoms with Crippen LogP contribution in [0.2, 0.25) is 0 Å². The van der Waals surface area contributed by atoms with Crippen molar-refractivity contribution in [3.63, 3.8) is 0 Å². The van der Waals surface area contributed by atoms with Crippen molar-refractivity contribution in [3.05, 3.63) is 17.7 Å². The van der Waals surface area contributed by atoms with Gasteiger partial charge in [-0.1, -0.05) is 321 Å². The minimum Gasteiger partial charge on any atom is -0.490 e. The number of alkyl halides is 1. The molecule has 0 aliphatic heterocycles. The van der Waals surface area contributed by atoms with Gasteiger partial charge in [0.15, 0.2) is 17.6 Å². The van der Waals surface area contributed by atoms with E-state index in [1.54, 1.807) is 12.1 Å². The molecule has 5 nitrogen and oxygen atoms in total. The van der Waals surface area contributed by atoms with Crippen molar-refractivity contribution in [2.45, 2.75) is 329 Å². The van der Waals surface area contributed by atoms with Gasteiger partial charge < -0.3 is 18.9 Å². The lowest BCUT2D eigenvalue weighted by molar-refractivity contribution is 0.0572. The van der Waals surface area contributed by atoms with Gasteiger partial charge in [-0.05, 0) is 31.4 Å². The van der Waals surface area contributed by atoms with Gasteiger partial charge in [-0.2, -0.15) is 0 Å². The third kappa shape index (κ3) is 42.1. The van der Waals surface area contributed by atoms with E-state index in [1.165, 1.54) is 270 Å². The number of ether oxygens (including phenoxy) is 4. The quantitative estimate of drug-likeness (QED) is 0.0370. The predicted molar refractivity (Wildman–Crippen MR) is 298 cm³/mol. The summed E-state index contributed by atoms with van der Waals surface area (Å²) in [4.78, 5) is 13.0. The van der Waals surface area contributed by atoms with Crippen molar-refractivity contribution in [2.24, 2.45) is 0 Å². The summed E-state index contributed by atoms with van der Waals surface area (Å²) in [5.74, 6) is 1.31. The van der Waals surface area contributed by atoms with Crippen LogP contribution in [0, 0.1) is 0 Å². The third-order valence-electron chi connectivity index (χ3n) is 14.2. The molecule has 0 bridgehead atoms. The number of carbonyl (C=O) groups excluding carboxylic acids is 1. The number of hydrogen-bond acceptors (Lipinski definition) is 5. The minimum atomic E-state index is -0.469. The standard InChI is InChI=1S/C62H115ClO5/c1-4-7-10-13-16-19-22-25-28-31-34-37-40-43-46-49-52-65-59-55-58(62(64)68-57-63)56-60(66-53-50-47-44-41-38-35-32-29-26-23-20-17-14-11-8-5-2)61(59)67-54-51-48-45-42-39-36-33-30-27-24-21-18-15-12-9-6-3/h55-56H,4-54,57H2,1-3H3. The van der Waals surface area contributed by atoms with Crippen molar-refractivity contribution in [1.29, 1.82) is 0 Å². The van der Waals surface area contributed by atoms with E-state index in [0.29, 0.717) is 42.6 Å². The maximum absolute atomic E-state index is 13.0. The molecule has 0 amide bonds. The highest BCUT2D eigenvalue weighted by molar-refractivity contribution is 6.17. The maximum Gasteiger partial charge on any atom is 0.339 e. The maximum atomic E-state index is 13.0. The van der Waals surface area contributed by atoms with Crippen molar-refractivity contribution in [2.75, 3.05) is 25.9 Å². The normalized spacial score (nSPS) is 11.4. The molecule has 1 aromatic carbocycles. The summed E-state index contributed by atoms with van der Waals surface area (Å²) in [5, 5.41) is 0. The molecule has 0 atom stereocenters. The lowest BCUT2D eigenvalue weighted by Gasteiger charge is -2.18. The fraction of sp³-hybridized carbons (Fsp3) is 0.887. The van der Waals surface area contributed by atoms with Crippen LogP contribution in [0.25, 0.3) is 0 Å². The van der Waals surface area contributed by atoms with Crippen molar-refractivity contribution < 1.29 is 23.7 Å². The van der Waals surface area contributed by atoms with E-state index < -0.39 is 5.97 Å². The molecule has 0 heterocycles. The Morgan fingerprint density at radius 2 is 0.529 bits per heavy atom. The number of esters is 1. The molecule has 0 aromatic heterocycles. The van der Waals surface area contributed by atoms with E-state index in [9.17, 15) is 4.79 Å². The van der Waals surface area contributed by atoms with Crippen LogP contribution < -0.4 is 14.2 Å². The summed E-state index contributed by atoms with van der Waals surface area (Å²) < 4.78 is 24.6. The molecule has 0 spiro atoms. The Balaban J connectivity index is 2.55. The lowest BCUT2D eigenvalue weighted by atomic mass is 10.0. The zero-order chi connectivity index (χ0) is 48.9. The van der Waals surface area contributed by atoms with Crippen LogP contribution in [0.1, 0.15) is 339 Å². The molecule has 0 saturated carbocycles. The first kappa shape index (κ1) is 64.4. The fourth-order valence-corrected chi connectivity index (χ4v) is 9.77. The van der Waals surface area contributed by atoms with Crippen LogP contribution in [0.4, 0.5) is 0 Å². The summed E-state index contributed by atoms with van der Waals surface area (Å²) >= 11 is 5.84. The van der Waals surface area contributed by atoms with Gasteiger partial charge in [-0.25, -0.2) is 4.79 Å². The van der Waals surface area contributed by atoms with Crippen molar-refractivity contribution >= 4 is 17.6 Å². The van der Waals surface area contributed by atoms with E-state index in [1.807, 2.05) is 0 Å². The predicted octanol–water partition coefficient (Wildman–Crippen LogP) is 22.0. The van der Waals surface area contributed by atoms with Crippen LogP contribution >= 0.6 is 11.6 Å². The number of rotatable bonds is 56. The molecular weight excluding hydrogens is 860 g/mol. The molecule has 0 aliphatic carbocycles. The molecule has 0 unspecified atom stereocenters. The van der Waals surface area contributed by atoms with Crippen LogP contribution in [0.5, 0.6) is 17.2 Å². The lowest BCUT2D eigenvalue weighted by Crippen LogP contribution is -2.10. The second-order valence-electron chi connectivity index (χ2n) is 20.8. The molecule has 1 aromatic rings. The van der Waals surface area contributed by atoms with Gasteiger partial charge in [0, 0.05) is 0 Å². The second kappa shape index (κ2) is 53.2. The SMILES string of the molecule is CCCCCCCCCCCCCCCCCCOc1cc(C(=O)OCCl)cc(OCCCCCCCCCCCCCCCCCC)c1OCCCCCCCCCCCCCCCCCC. The first-order valence-corrected chi connectivity index (χ1v) is 31.0. The molecule has 0 aliphatic rings. The first-order chi connectivity index (χ1) is 33.7. The average Bonchev–Trinajstić information content (AvgIpc) is 3.34. The van der Waals surface area contributed by atoms with Gasteiger partial charge in [0.1, 0.15) is 0 Å². The largest absolute Gasteiger partial charge is 0.490 e. The highest BCUT2D eigenvalue weighted by Crippen LogP contribution is 2.40. The van der Waals surface area contributed by atoms with E-state index >= 15 is 0 Å². The number of halogens is 1. The minimum absolute atomic E-state index is 0.193. The van der Waals surface area contributed by atoms with Crippen LogP contribution in [0.15, 0.2) is 12.1 Å². The third-order valence-corrected chi connectivity index (χ3v) is 14.3. The Hall–Kier alpha value is -1.62. The van der Waals surface area contributed by atoms with E-state index in [2.05, 4.69) is 20.8 Å². The summed E-state index contributed by atoms with van der Waals surface area (Å²) in [6.07, 6.45) is 64.3. The van der Waals surface area contributed by atoms with Gasteiger partial charge in [0.05, 0.1) is 25.4 Å². The van der Waals surface area contributed by atoms with Gasteiger partial charge >= 0.3 is 5.97 Å². The smallest absolute Gasteiger partial charge is 0.339 e. The number of benzene rings is 1. The van der Waals surface area contributed by atoms with Gasteiger partial charge in [0.2, 0.25) is 5.75 Å². The monoisotopic (exact) mass is 975 g/mol. The summed E-state index contributed by atoms with van der Waals surface area (Å²) in [6.45, 7) is 8.66. The number of unbranched alkanes of at least 4 members (excludes halogenated alkanes) is 45. The Morgan fingerprint density at radius 3 is 0.750 bits per heavy atom. The summed E-state index contributed by atoms with van der Waals surface area (Å²) in [5.41, 5.74) is 0.393. The van der Waals surface area contributed by atoms with Gasteiger partial charge in [-0.3, -0.25) is 0 Å². The molecule has 0 radical (unpaired) electrons. The van der Waals surface area contributed by atoms with Crippen molar-refractivity contribution in [3.8, 4) is 17.2 Å². The van der Waals surface area contributed by atoms with Crippen LogP contribution in [0.3, 0.4) is 0 Å². The van der Waals surface area contributed by atoms with Gasteiger partial charge in [0.25, 0.3) is 0 Å². The average molecular weight is 976 g/mol. The molecule has 0 saturated heterocycles. The molecule has 68 heavy (non-hydrogen) atoms. The number of carbonyl (C=O) groups is 1. The Labute approximate surface area is 429 Å². The van der Waals surface area contributed by atoms with Gasteiger partial charge in [-0.15, -0.1) is 0 Å². The van der Waals surface area contributed by atoms with Crippen LogP contribution in [-0.4, -0.2) is 31.9 Å². The molecule has 400 valence electrons. The zero-order valence-electron chi connectivity index (χ0n) is 45.8. The number of hydrogen-bond donors (Lipinski definition) is 0. The van der Waals surface area contributed by atoms with Crippen molar-refractivity contribution in [1.82, 2.24) is 0 Å². The molecule has 0 N–H and O–H groups in total. The highest BCUT2D eigenvalue weighted by atomic mass is 35.5. The molecule has 0 fully saturated rings.